The molecule has 3 aromatic carbocycles. The number of sulfonamides is 1. The van der Waals surface area contributed by atoms with Gasteiger partial charge in [0.2, 0.25) is 11.8 Å². The molecule has 0 unspecified atom stereocenters. The second kappa shape index (κ2) is 14.6. The molecule has 0 bridgehead atoms. The quantitative estimate of drug-likeness (QED) is 0.224. The van der Waals surface area contributed by atoms with E-state index in [4.69, 9.17) is 46.4 Å². The minimum Gasteiger partial charge on any atom is -0.354 e. The van der Waals surface area contributed by atoms with Crippen LogP contribution in [0.15, 0.2) is 65.6 Å². The van der Waals surface area contributed by atoms with Crippen molar-refractivity contribution < 1.29 is 18.0 Å². The van der Waals surface area contributed by atoms with Crippen molar-refractivity contribution in [2.75, 3.05) is 17.4 Å². The lowest BCUT2D eigenvalue weighted by Crippen LogP contribution is -2.52. The number of benzene rings is 3. The van der Waals surface area contributed by atoms with E-state index in [-0.39, 0.29) is 39.5 Å². The Morgan fingerprint density at radius 1 is 0.878 bits per heavy atom. The topological polar surface area (TPSA) is 86.8 Å². The first-order valence-corrected chi connectivity index (χ1v) is 15.9. The van der Waals surface area contributed by atoms with Crippen molar-refractivity contribution in [3.05, 3.63) is 91.9 Å². The fraction of sp³-hybridized carbons (Fsp3) is 0.310. The molecule has 3 rings (SSSR count). The van der Waals surface area contributed by atoms with Gasteiger partial charge in [-0.25, -0.2) is 8.42 Å². The van der Waals surface area contributed by atoms with Crippen LogP contribution in [0.5, 0.6) is 0 Å². The van der Waals surface area contributed by atoms with Gasteiger partial charge < -0.3 is 10.2 Å². The average Bonchev–Trinajstić information content (AvgIpc) is 2.91. The van der Waals surface area contributed by atoms with Gasteiger partial charge in [-0.1, -0.05) is 84.0 Å². The van der Waals surface area contributed by atoms with Crippen molar-refractivity contribution in [3.8, 4) is 0 Å². The Hall–Kier alpha value is -2.49. The highest BCUT2D eigenvalue weighted by molar-refractivity contribution is 7.92. The molecule has 12 heteroatoms. The SMILES string of the molecule is CCCNC(=O)[C@@H](CC)N(Cc1ccc(Cl)cc1Cl)C(=O)CN(c1cc(Cl)cc(Cl)c1)S(=O)(=O)c1ccc(C)cc1. The molecule has 0 saturated carbocycles. The molecule has 0 aliphatic heterocycles. The molecule has 0 aliphatic carbocycles. The summed E-state index contributed by atoms with van der Waals surface area (Å²) in [6.07, 6.45) is 0.984. The zero-order valence-electron chi connectivity index (χ0n) is 22.8. The monoisotopic (exact) mass is 657 g/mol. The molecule has 0 radical (unpaired) electrons. The molecule has 0 aromatic heterocycles. The van der Waals surface area contributed by atoms with Gasteiger partial charge in [0, 0.05) is 33.2 Å². The molecule has 220 valence electrons. The number of aryl methyl sites for hydroxylation is 1. The Morgan fingerprint density at radius 3 is 2.07 bits per heavy atom. The van der Waals surface area contributed by atoms with Crippen LogP contribution in [0.4, 0.5) is 5.69 Å². The summed E-state index contributed by atoms with van der Waals surface area (Å²) in [5.41, 5.74) is 1.52. The van der Waals surface area contributed by atoms with Gasteiger partial charge in [0.1, 0.15) is 12.6 Å². The Balaban J connectivity index is 2.11. The summed E-state index contributed by atoms with van der Waals surface area (Å²) < 4.78 is 28.8. The van der Waals surface area contributed by atoms with E-state index < -0.39 is 28.5 Å². The molecule has 3 aromatic rings. The third-order valence-electron chi connectivity index (χ3n) is 6.31. The normalized spacial score (nSPS) is 12.1. The highest BCUT2D eigenvalue weighted by Crippen LogP contribution is 2.31. The smallest absolute Gasteiger partial charge is 0.264 e. The molecule has 1 atom stereocenters. The number of anilines is 1. The van der Waals surface area contributed by atoms with E-state index in [9.17, 15) is 18.0 Å². The number of nitrogens with one attached hydrogen (secondary N) is 1. The van der Waals surface area contributed by atoms with E-state index in [0.29, 0.717) is 28.6 Å². The van der Waals surface area contributed by atoms with Crippen molar-refractivity contribution in [2.24, 2.45) is 0 Å². The van der Waals surface area contributed by atoms with Crippen molar-refractivity contribution in [2.45, 2.75) is 51.1 Å². The molecule has 2 amide bonds. The summed E-state index contributed by atoms with van der Waals surface area (Å²) in [5.74, 6) is -0.979. The van der Waals surface area contributed by atoms with Crippen LogP contribution in [0.3, 0.4) is 0 Å². The number of hydrogen-bond acceptors (Lipinski definition) is 4. The van der Waals surface area contributed by atoms with Crippen LogP contribution < -0.4 is 9.62 Å². The van der Waals surface area contributed by atoms with Crippen molar-refractivity contribution in [3.63, 3.8) is 0 Å². The molecule has 41 heavy (non-hydrogen) atoms. The number of carbonyl (C=O) groups excluding carboxylic acids is 2. The molecule has 0 saturated heterocycles. The lowest BCUT2D eigenvalue weighted by molar-refractivity contribution is -0.140. The van der Waals surface area contributed by atoms with E-state index in [1.54, 1.807) is 37.3 Å². The Bertz CT molecular complexity index is 1480. The third kappa shape index (κ3) is 8.52. The van der Waals surface area contributed by atoms with Crippen LogP contribution in [0.1, 0.15) is 37.8 Å². The summed E-state index contributed by atoms with van der Waals surface area (Å²) in [7, 11) is -4.26. The lowest BCUT2D eigenvalue weighted by atomic mass is 10.1. The van der Waals surface area contributed by atoms with Gasteiger partial charge in [-0.2, -0.15) is 0 Å². The Kier molecular flexibility index (Phi) is 11.8. The van der Waals surface area contributed by atoms with E-state index in [2.05, 4.69) is 5.32 Å². The predicted molar refractivity (Wildman–Crippen MR) is 167 cm³/mol. The molecule has 0 heterocycles. The van der Waals surface area contributed by atoms with Crippen LogP contribution in [0.2, 0.25) is 20.1 Å². The second-order valence-electron chi connectivity index (χ2n) is 9.42. The Morgan fingerprint density at radius 2 is 1.51 bits per heavy atom. The zero-order chi connectivity index (χ0) is 30.3. The van der Waals surface area contributed by atoms with Gasteiger partial charge in [0.25, 0.3) is 10.0 Å². The number of amides is 2. The maximum absolute atomic E-state index is 14.1. The Labute approximate surface area is 261 Å². The number of rotatable bonds is 12. The lowest BCUT2D eigenvalue weighted by Gasteiger charge is -2.33. The van der Waals surface area contributed by atoms with Gasteiger partial charge >= 0.3 is 0 Å². The second-order valence-corrected chi connectivity index (χ2v) is 13.0. The summed E-state index contributed by atoms with van der Waals surface area (Å²) in [6.45, 7) is 5.27. The fourth-order valence-corrected chi connectivity index (χ4v) is 6.55. The van der Waals surface area contributed by atoms with E-state index >= 15 is 0 Å². The van der Waals surface area contributed by atoms with Crippen LogP contribution in [-0.2, 0) is 26.2 Å². The van der Waals surface area contributed by atoms with Gasteiger partial charge in [-0.3, -0.25) is 13.9 Å². The van der Waals surface area contributed by atoms with E-state index in [0.717, 1.165) is 9.87 Å². The minimum absolute atomic E-state index is 0.0213. The number of halogens is 4. The highest BCUT2D eigenvalue weighted by atomic mass is 35.5. The van der Waals surface area contributed by atoms with Crippen molar-refractivity contribution in [1.82, 2.24) is 10.2 Å². The number of hydrogen-bond donors (Lipinski definition) is 1. The molecule has 0 fully saturated rings. The average molecular weight is 659 g/mol. The maximum atomic E-state index is 14.1. The molecule has 7 nitrogen and oxygen atoms in total. The first-order valence-electron chi connectivity index (χ1n) is 12.9. The molecule has 0 spiro atoms. The summed E-state index contributed by atoms with van der Waals surface area (Å²) in [4.78, 5) is 28.6. The standard InChI is InChI=1S/C29H31Cl4N3O4S/c1-4-12-34-29(38)27(5-2)35(17-20-8-9-21(30)16-26(20)33)28(37)18-36(24-14-22(31)13-23(32)15-24)41(39,40)25-10-6-19(3)7-11-25/h6-11,13-16,27H,4-5,12,17-18H2,1-3H3,(H,34,38)/t27-/m1/s1. The van der Waals surface area contributed by atoms with Gasteiger partial charge in [0.15, 0.2) is 0 Å². The molecule has 1 N–H and O–H groups in total. The largest absolute Gasteiger partial charge is 0.354 e. The highest BCUT2D eigenvalue weighted by Gasteiger charge is 2.34. The predicted octanol–water partition coefficient (Wildman–Crippen LogP) is 7.14. The number of carbonyl (C=O) groups is 2. The van der Waals surface area contributed by atoms with E-state index in [1.807, 2.05) is 13.8 Å². The van der Waals surface area contributed by atoms with E-state index in [1.165, 1.54) is 35.2 Å². The van der Waals surface area contributed by atoms with Gasteiger partial charge in [0.05, 0.1) is 10.6 Å². The zero-order valence-corrected chi connectivity index (χ0v) is 26.7. The first kappa shape index (κ1) is 33.0. The number of nitrogens with zero attached hydrogens (tertiary/aromatic N) is 2. The van der Waals surface area contributed by atoms with Crippen LogP contribution in [0.25, 0.3) is 0 Å². The molecular weight excluding hydrogens is 628 g/mol. The fourth-order valence-electron chi connectivity index (χ4n) is 4.17. The summed E-state index contributed by atoms with van der Waals surface area (Å²) in [6, 6.07) is 14.5. The maximum Gasteiger partial charge on any atom is 0.264 e. The molecular formula is C29H31Cl4N3O4S. The van der Waals surface area contributed by atoms with Gasteiger partial charge in [-0.05, 0) is 67.8 Å². The summed E-state index contributed by atoms with van der Waals surface area (Å²) >= 11 is 25.0. The summed E-state index contributed by atoms with van der Waals surface area (Å²) in [5, 5.41) is 3.95. The van der Waals surface area contributed by atoms with Crippen LogP contribution >= 0.6 is 46.4 Å². The minimum atomic E-state index is -4.26. The first-order chi connectivity index (χ1) is 19.4. The van der Waals surface area contributed by atoms with Crippen LogP contribution in [-0.4, -0.2) is 44.3 Å². The van der Waals surface area contributed by atoms with Crippen molar-refractivity contribution >= 4 is 73.9 Å². The molecule has 0 aliphatic rings. The van der Waals surface area contributed by atoms with Crippen LogP contribution in [0, 0.1) is 6.92 Å². The van der Waals surface area contributed by atoms with Crippen molar-refractivity contribution in [1.29, 1.82) is 0 Å². The third-order valence-corrected chi connectivity index (χ3v) is 9.13. The van der Waals surface area contributed by atoms with Gasteiger partial charge in [-0.15, -0.1) is 0 Å².